The minimum atomic E-state index is -1.12. The van der Waals surface area contributed by atoms with Crippen molar-refractivity contribution in [2.45, 2.75) is 12.0 Å². The zero-order chi connectivity index (χ0) is 14.6. The van der Waals surface area contributed by atoms with Gasteiger partial charge in [-0.2, -0.15) is 11.8 Å². The van der Waals surface area contributed by atoms with Gasteiger partial charge in [0.1, 0.15) is 5.54 Å². The maximum atomic E-state index is 11.9. The molecular weight excluding hydrogens is 342 g/mol. The molecule has 106 valence electrons. The highest BCUT2D eigenvalue weighted by Gasteiger charge is 2.42. The van der Waals surface area contributed by atoms with E-state index in [2.05, 4.69) is 21.2 Å². The van der Waals surface area contributed by atoms with Crippen molar-refractivity contribution in [2.75, 3.05) is 11.5 Å². The van der Waals surface area contributed by atoms with Crippen molar-refractivity contribution in [1.82, 2.24) is 5.32 Å². The topological polar surface area (TPSA) is 66.4 Å². The molecule has 1 fully saturated rings. The number of halogens is 1. The Bertz CT molecular complexity index is 553. The lowest BCUT2D eigenvalue weighted by Crippen LogP contribution is -2.54. The number of hydrogen-bond donors (Lipinski definition) is 2. The number of rotatable bonds is 4. The van der Waals surface area contributed by atoms with Crippen LogP contribution in [0, 0.1) is 0 Å². The second-order valence-electron chi connectivity index (χ2n) is 4.53. The maximum Gasteiger partial charge on any atom is 0.330 e. The van der Waals surface area contributed by atoms with Crippen LogP contribution in [0.3, 0.4) is 0 Å². The van der Waals surface area contributed by atoms with E-state index in [-0.39, 0.29) is 5.91 Å². The van der Waals surface area contributed by atoms with E-state index in [0.29, 0.717) is 12.2 Å². The molecule has 1 aromatic rings. The Labute approximate surface area is 129 Å². The van der Waals surface area contributed by atoms with E-state index in [9.17, 15) is 14.7 Å². The summed E-state index contributed by atoms with van der Waals surface area (Å²) in [6.07, 6.45) is 3.49. The molecule has 4 nitrogen and oxygen atoms in total. The van der Waals surface area contributed by atoms with Crippen molar-refractivity contribution in [3.05, 3.63) is 40.4 Å². The van der Waals surface area contributed by atoms with Gasteiger partial charge >= 0.3 is 5.97 Å². The lowest BCUT2D eigenvalue weighted by Gasteiger charge is -2.23. The number of amides is 1. The molecule has 20 heavy (non-hydrogen) atoms. The number of hydrogen-bond acceptors (Lipinski definition) is 3. The van der Waals surface area contributed by atoms with Crippen molar-refractivity contribution in [3.8, 4) is 0 Å². The molecule has 1 saturated heterocycles. The van der Waals surface area contributed by atoms with Crippen molar-refractivity contribution >= 4 is 45.6 Å². The molecule has 1 atom stereocenters. The van der Waals surface area contributed by atoms with Crippen LogP contribution in [0.5, 0.6) is 0 Å². The third-order valence-electron chi connectivity index (χ3n) is 3.11. The molecule has 0 aromatic heterocycles. The van der Waals surface area contributed by atoms with E-state index < -0.39 is 11.5 Å². The van der Waals surface area contributed by atoms with E-state index in [0.717, 1.165) is 15.8 Å². The summed E-state index contributed by atoms with van der Waals surface area (Å²) >= 11 is 4.93. The predicted octanol–water partition coefficient (Wildman–Crippen LogP) is 2.54. The largest absolute Gasteiger partial charge is 0.479 e. The van der Waals surface area contributed by atoms with Gasteiger partial charge in [0, 0.05) is 16.3 Å². The van der Waals surface area contributed by atoms with E-state index >= 15 is 0 Å². The van der Waals surface area contributed by atoms with Crippen molar-refractivity contribution < 1.29 is 14.7 Å². The van der Waals surface area contributed by atoms with Gasteiger partial charge in [-0.25, -0.2) is 4.79 Å². The van der Waals surface area contributed by atoms with Crippen LogP contribution in [-0.2, 0) is 9.59 Å². The van der Waals surface area contributed by atoms with Crippen molar-refractivity contribution in [1.29, 1.82) is 0 Å². The molecule has 2 N–H and O–H groups in total. The summed E-state index contributed by atoms with van der Waals surface area (Å²) in [7, 11) is 0. The normalized spacial score (nSPS) is 22.1. The molecule has 0 aliphatic carbocycles. The summed E-state index contributed by atoms with van der Waals surface area (Å²) in [5, 5.41) is 11.9. The Balaban J connectivity index is 2.05. The van der Waals surface area contributed by atoms with E-state index in [1.165, 1.54) is 6.08 Å². The van der Waals surface area contributed by atoms with Crippen LogP contribution >= 0.6 is 27.7 Å². The SMILES string of the molecule is O=C(C=Cc1ccccc1Br)NC1(C(=O)O)CCSC1. The fourth-order valence-electron chi connectivity index (χ4n) is 1.94. The fourth-order valence-corrected chi connectivity index (χ4v) is 3.68. The molecule has 0 spiro atoms. The molecule has 0 saturated carbocycles. The number of nitrogens with one attached hydrogen (secondary N) is 1. The molecular formula is C14H14BrNO3S. The maximum absolute atomic E-state index is 11.9. The highest BCUT2D eigenvalue weighted by Crippen LogP contribution is 2.28. The molecule has 1 unspecified atom stereocenters. The van der Waals surface area contributed by atoms with Crippen LogP contribution < -0.4 is 5.32 Å². The molecule has 1 aliphatic rings. The van der Waals surface area contributed by atoms with Crippen LogP contribution in [0.15, 0.2) is 34.8 Å². The third kappa shape index (κ3) is 3.43. The Morgan fingerprint density at radius 1 is 1.40 bits per heavy atom. The smallest absolute Gasteiger partial charge is 0.330 e. The van der Waals surface area contributed by atoms with Crippen LogP contribution in [0.4, 0.5) is 0 Å². The first-order valence-electron chi connectivity index (χ1n) is 6.09. The van der Waals surface area contributed by atoms with Gasteiger partial charge in [-0.05, 0) is 29.9 Å². The Hall–Kier alpha value is -1.27. The number of carbonyl (C=O) groups excluding carboxylic acids is 1. The number of carboxylic acids is 1. The summed E-state index contributed by atoms with van der Waals surface area (Å²) in [5.74, 6) is -0.187. The zero-order valence-electron chi connectivity index (χ0n) is 10.6. The minimum Gasteiger partial charge on any atom is -0.479 e. The highest BCUT2D eigenvalue weighted by molar-refractivity contribution is 9.10. The zero-order valence-corrected chi connectivity index (χ0v) is 13.0. The van der Waals surface area contributed by atoms with Crippen LogP contribution in [0.25, 0.3) is 6.08 Å². The number of thioether (sulfide) groups is 1. The summed E-state index contributed by atoms with van der Waals surface area (Å²) in [6.45, 7) is 0. The summed E-state index contributed by atoms with van der Waals surface area (Å²) in [4.78, 5) is 23.2. The van der Waals surface area contributed by atoms with Crippen LogP contribution in [0.1, 0.15) is 12.0 Å². The highest BCUT2D eigenvalue weighted by atomic mass is 79.9. The van der Waals surface area contributed by atoms with Crippen LogP contribution in [0.2, 0.25) is 0 Å². The van der Waals surface area contributed by atoms with E-state index in [1.54, 1.807) is 17.8 Å². The first-order valence-corrected chi connectivity index (χ1v) is 8.04. The first kappa shape index (κ1) is 15.1. The molecule has 1 amide bonds. The average Bonchev–Trinajstić information content (AvgIpc) is 2.88. The van der Waals surface area contributed by atoms with Gasteiger partial charge in [-0.3, -0.25) is 4.79 Å². The standard InChI is InChI=1S/C14H14BrNO3S/c15-11-4-2-1-3-10(11)5-6-12(17)16-14(13(18)19)7-8-20-9-14/h1-6H,7-9H2,(H,16,17)(H,18,19). The van der Waals surface area contributed by atoms with E-state index in [1.807, 2.05) is 24.3 Å². The Morgan fingerprint density at radius 2 is 2.15 bits per heavy atom. The number of carbonyl (C=O) groups is 2. The molecule has 1 aromatic carbocycles. The van der Waals surface area contributed by atoms with Gasteiger partial charge in [0.15, 0.2) is 0 Å². The molecule has 2 rings (SSSR count). The minimum absolute atomic E-state index is 0.384. The van der Waals surface area contributed by atoms with Crippen molar-refractivity contribution in [2.24, 2.45) is 0 Å². The predicted molar refractivity (Wildman–Crippen MR) is 83.6 cm³/mol. The quantitative estimate of drug-likeness (QED) is 0.814. The number of benzene rings is 1. The van der Waals surface area contributed by atoms with E-state index in [4.69, 9.17) is 0 Å². The second-order valence-corrected chi connectivity index (χ2v) is 6.49. The molecule has 0 radical (unpaired) electrons. The molecule has 0 bridgehead atoms. The van der Waals surface area contributed by atoms with Gasteiger partial charge in [0.25, 0.3) is 0 Å². The number of carboxylic acid groups (broad SMARTS) is 1. The Kier molecular flexibility index (Phi) is 4.88. The lowest BCUT2D eigenvalue weighted by molar-refractivity contribution is -0.145. The second kappa shape index (κ2) is 6.45. The summed E-state index contributed by atoms with van der Waals surface area (Å²) < 4.78 is 0.883. The monoisotopic (exact) mass is 355 g/mol. The van der Waals surface area contributed by atoms with Crippen LogP contribution in [-0.4, -0.2) is 34.0 Å². The lowest BCUT2D eigenvalue weighted by atomic mass is 9.99. The van der Waals surface area contributed by atoms with Gasteiger partial charge in [-0.1, -0.05) is 34.1 Å². The van der Waals surface area contributed by atoms with Gasteiger partial charge in [0.2, 0.25) is 5.91 Å². The van der Waals surface area contributed by atoms with Gasteiger partial charge in [-0.15, -0.1) is 0 Å². The molecule has 1 aliphatic heterocycles. The number of aliphatic carboxylic acids is 1. The average molecular weight is 356 g/mol. The van der Waals surface area contributed by atoms with Gasteiger partial charge in [0.05, 0.1) is 0 Å². The summed E-state index contributed by atoms with van der Waals surface area (Å²) in [6, 6.07) is 7.50. The Morgan fingerprint density at radius 3 is 2.75 bits per heavy atom. The summed E-state index contributed by atoms with van der Waals surface area (Å²) in [5.41, 5.74) is -0.257. The van der Waals surface area contributed by atoms with Gasteiger partial charge < -0.3 is 10.4 Å². The molecule has 1 heterocycles. The molecule has 6 heteroatoms. The van der Waals surface area contributed by atoms with Crippen molar-refractivity contribution in [3.63, 3.8) is 0 Å². The third-order valence-corrected chi connectivity index (χ3v) is 5.02. The fraction of sp³-hybridized carbons (Fsp3) is 0.286. The first-order chi connectivity index (χ1) is 9.53.